The fraction of sp³-hybridized carbons (Fsp3) is 0.583. The van der Waals surface area contributed by atoms with Crippen LogP contribution in [-0.4, -0.2) is 29.5 Å². The van der Waals surface area contributed by atoms with Gasteiger partial charge in [0.25, 0.3) is 0 Å². The maximum absolute atomic E-state index is 11.8. The highest BCUT2D eigenvalue weighted by atomic mass is 35.5. The number of ether oxygens (including phenoxy) is 1. The van der Waals surface area contributed by atoms with Crippen LogP contribution < -0.4 is 11.1 Å². The molecule has 0 radical (unpaired) electrons. The van der Waals surface area contributed by atoms with E-state index in [2.05, 4.69) is 10.3 Å². The molecule has 1 aromatic rings. The summed E-state index contributed by atoms with van der Waals surface area (Å²) in [6.45, 7) is 5.63. The third kappa shape index (κ3) is 5.85. The molecule has 1 rings (SSSR count). The molecule has 1 aromatic heterocycles. The quantitative estimate of drug-likeness (QED) is 0.776. The van der Waals surface area contributed by atoms with Crippen molar-refractivity contribution < 1.29 is 14.3 Å². The van der Waals surface area contributed by atoms with E-state index in [0.717, 1.165) is 0 Å². The van der Waals surface area contributed by atoms with Crippen LogP contribution in [0.25, 0.3) is 0 Å². The Morgan fingerprint density at radius 2 is 2.15 bits per heavy atom. The summed E-state index contributed by atoms with van der Waals surface area (Å²) < 4.78 is 4.83. The number of rotatable bonds is 6. The summed E-state index contributed by atoms with van der Waals surface area (Å²) in [7, 11) is 0. The van der Waals surface area contributed by atoms with Gasteiger partial charge in [-0.05, 0) is 13.8 Å². The number of aromatic nitrogens is 1. The number of nitrogens with one attached hydrogen (secondary N) is 1. The van der Waals surface area contributed by atoms with Crippen molar-refractivity contribution in [1.82, 2.24) is 4.98 Å². The molecule has 20 heavy (non-hydrogen) atoms. The minimum atomic E-state index is -0.324. The second-order valence-electron chi connectivity index (χ2n) is 4.26. The second kappa shape index (κ2) is 8.89. The fourth-order valence-corrected chi connectivity index (χ4v) is 1.98. The minimum Gasteiger partial charge on any atom is -0.466 e. The highest BCUT2D eigenvalue weighted by Gasteiger charge is 2.18. The van der Waals surface area contributed by atoms with E-state index in [1.165, 1.54) is 11.3 Å². The van der Waals surface area contributed by atoms with Gasteiger partial charge >= 0.3 is 5.97 Å². The summed E-state index contributed by atoms with van der Waals surface area (Å²) in [5.41, 5.74) is 6.25. The lowest BCUT2D eigenvalue weighted by atomic mass is 10.0. The van der Waals surface area contributed by atoms with Gasteiger partial charge in [0.05, 0.1) is 24.6 Å². The molecule has 0 aliphatic heterocycles. The van der Waals surface area contributed by atoms with Crippen LogP contribution in [0.3, 0.4) is 0 Å². The van der Waals surface area contributed by atoms with E-state index < -0.39 is 0 Å². The van der Waals surface area contributed by atoms with Gasteiger partial charge in [-0.2, -0.15) is 0 Å². The average Bonchev–Trinajstić information content (AvgIpc) is 2.75. The van der Waals surface area contributed by atoms with E-state index in [-0.39, 0.29) is 42.7 Å². The molecule has 0 spiro atoms. The van der Waals surface area contributed by atoms with E-state index in [9.17, 15) is 9.59 Å². The number of carbonyl (C=O) groups excluding carboxylic acids is 2. The topological polar surface area (TPSA) is 94.3 Å². The van der Waals surface area contributed by atoms with E-state index in [4.69, 9.17) is 10.5 Å². The van der Waals surface area contributed by atoms with Crippen molar-refractivity contribution in [3.05, 3.63) is 11.1 Å². The van der Waals surface area contributed by atoms with Gasteiger partial charge in [0.15, 0.2) is 5.13 Å². The van der Waals surface area contributed by atoms with E-state index in [0.29, 0.717) is 17.4 Å². The number of carbonyl (C=O) groups is 2. The highest BCUT2D eigenvalue weighted by molar-refractivity contribution is 7.13. The minimum absolute atomic E-state index is 0. The maximum atomic E-state index is 11.8. The Morgan fingerprint density at radius 3 is 2.70 bits per heavy atom. The number of amides is 1. The van der Waals surface area contributed by atoms with Crippen molar-refractivity contribution in [3.8, 4) is 0 Å². The summed E-state index contributed by atoms with van der Waals surface area (Å²) in [5, 5.41) is 4.88. The largest absolute Gasteiger partial charge is 0.466 e. The first-order chi connectivity index (χ1) is 8.93. The lowest BCUT2D eigenvalue weighted by molar-refractivity contribution is -0.142. The van der Waals surface area contributed by atoms with Crippen LogP contribution in [0, 0.1) is 5.92 Å². The summed E-state index contributed by atoms with van der Waals surface area (Å²) in [5.74, 6) is -0.793. The smallest absolute Gasteiger partial charge is 0.311 e. The number of halogens is 1. The number of nitrogens with two attached hydrogens (primary N) is 1. The number of esters is 1. The summed E-state index contributed by atoms with van der Waals surface area (Å²) >= 11 is 1.28. The second-order valence-corrected chi connectivity index (χ2v) is 5.12. The highest BCUT2D eigenvalue weighted by Crippen LogP contribution is 2.17. The zero-order chi connectivity index (χ0) is 14.4. The van der Waals surface area contributed by atoms with Crippen LogP contribution >= 0.6 is 23.7 Å². The van der Waals surface area contributed by atoms with E-state index in [1.807, 2.05) is 0 Å². The van der Waals surface area contributed by atoms with Gasteiger partial charge in [-0.15, -0.1) is 23.7 Å². The Hall–Kier alpha value is -1.18. The number of hydrogen-bond donors (Lipinski definition) is 2. The average molecular weight is 322 g/mol. The standard InChI is InChI=1S/C12H19N3O3S.ClH/c1-4-18-10(16)5-9-6-19-12(14-9)15-11(17)7(2)8(3)13;/h6-8H,4-5,13H2,1-3H3,(H,14,15,17);1H. The third-order valence-electron chi connectivity index (χ3n) is 2.61. The molecule has 8 heteroatoms. The van der Waals surface area contributed by atoms with Gasteiger partial charge in [-0.3, -0.25) is 9.59 Å². The Balaban J connectivity index is 0.00000361. The first-order valence-electron chi connectivity index (χ1n) is 6.10. The number of nitrogens with zero attached hydrogens (tertiary/aromatic N) is 1. The van der Waals surface area contributed by atoms with Crippen LogP contribution in [0.4, 0.5) is 5.13 Å². The Kier molecular flexibility index (Phi) is 8.36. The molecular weight excluding hydrogens is 302 g/mol. The van der Waals surface area contributed by atoms with Crippen LogP contribution in [0.15, 0.2) is 5.38 Å². The molecule has 0 saturated carbocycles. The van der Waals surface area contributed by atoms with Gasteiger partial charge in [0, 0.05) is 11.4 Å². The molecule has 2 atom stereocenters. The molecule has 0 saturated heterocycles. The Labute approximate surface area is 128 Å². The van der Waals surface area contributed by atoms with Crippen molar-refractivity contribution >= 4 is 40.8 Å². The van der Waals surface area contributed by atoms with Gasteiger partial charge in [-0.1, -0.05) is 6.92 Å². The van der Waals surface area contributed by atoms with E-state index >= 15 is 0 Å². The summed E-state index contributed by atoms with van der Waals surface area (Å²) in [6.07, 6.45) is 0.114. The molecule has 6 nitrogen and oxygen atoms in total. The molecule has 0 fully saturated rings. The Morgan fingerprint density at radius 1 is 1.50 bits per heavy atom. The zero-order valence-corrected chi connectivity index (χ0v) is 13.3. The molecule has 0 aliphatic rings. The van der Waals surface area contributed by atoms with Crippen LogP contribution in [-0.2, 0) is 20.7 Å². The number of hydrogen-bond acceptors (Lipinski definition) is 6. The molecule has 1 amide bonds. The molecule has 2 unspecified atom stereocenters. The molecule has 1 heterocycles. The first kappa shape index (κ1) is 18.8. The molecule has 0 aliphatic carbocycles. The first-order valence-corrected chi connectivity index (χ1v) is 6.98. The van der Waals surface area contributed by atoms with Crippen LogP contribution in [0.5, 0.6) is 0 Å². The number of anilines is 1. The van der Waals surface area contributed by atoms with E-state index in [1.54, 1.807) is 26.2 Å². The SMILES string of the molecule is CCOC(=O)Cc1csc(NC(=O)C(C)C(C)N)n1.Cl. The lowest BCUT2D eigenvalue weighted by Gasteiger charge is -2.13. The predicted molar refractivity (Wildman–Crippen MR) is 81.1 cm³/mol. The molecule has 0 aromatic carbocycles. The summed E-state index contributed by atoms with van der Waals surface area (Å²) in [6, 6.07) is -0.223. The monoisotopic (exact) mass is 321 g/mol. The lowest BCUT2D eigenvalue weighted by Crippen LogP contribution is -2.34. The van der Waals surface area contributed by atoms with Crippen LogP contribution in [0.2, 0.25) is 0 Å². The van der Waals surface area contributed by atoms with Gasteiger partial charge in [0.1, 0.15) is 0 Å². The van der Waals surface area contributed by atoms with Crippen molar-refractivity contribution in [3.63, 3.8) is 0 Å². The summed E-state index contributed by atoms with van der Waals surface area (Å²) in [4.78, 5) is 27.2. The van der Waals surface area contributed by atoms with Crippen molar-refractivity contribution in [2.45, 2.75) is 33.2 Å². The molecule has 0 bridgehead atoms. The third-order valence-corrected chi connectivity index (χ3v) is 3.42. The molecule has 3 N–H and O–H groups in total. The zero-order valence-electron chi connectivity index (χ0n) is 11.7. The maximum Gasteiger partial charge on any atom is 0.311 e. The number of thiazole rings is 1. The van der Waals surface area contributed by atoms with Crippen molar-refractivity contribution in [2.24, 2.45) is 11.7 Å². The Bertz CT molecular complexity index is 451. The van der Waals surface area contributed by atoms with Crippen molar-refractivity contribution in [2.75, 3.05) is 11.9 Å². The molecule has 114 valence electrons. The van der Waals surface area contributed by atoms with Crippen molar-refractivity contribution in [1.29, 1.82) is 0 Å². The predicted octanol–water partition coefficient (Wildman–Crippen LogP) is 1.59. The normalized spacial score (nSPS) is 13.0. The van der Waals surface area contributed by atoms with Crippen LogP contribution in [0.1, 0.15) is 26.5 Å². The van der Waals surface area contributed by atoms with Gasteiger partial charge in [-0.25, -0.2) is 4.98 Å². The van der Waals surface area contributed by atoms with Gasteiger partial charge < -0.3 is 15.8 Å². The van der Waals surface area contributed by atoms with Gasteiger partial charge in [0.2, 0.25) is 5.91 Å². The molecular formula is C12H20ClN3O3S. The fourth-order valence-electron chi connectivity index (χ4n) is 1.26.